The van der Waals surface area contributed by atoms with Gasteiger partial charge in [-0.3, -0.25) is 4.79 Å². The Labute approximate surface area is 102 Å². The van der Waals surface area contributed by atoms with E-state index >= 15 is 0 Å². The molecule has 1 saturated carbocycles. The van der Waals surface area contributed by atoms with E-state index in [-0.39, 0.29) is 0 Å². The zero-order chi connectivity index (χ0) is 11.7. The van der Waals surface area contributed by atoms with Crippen LogP contribution in [0.15, 0.2) is 18.2 Å². The topological polar surface area (TPSA) is 26.3 Å². The minimum atomic E-state index is 0.360. The summed E-state index contributed by atoms with van der Waals surface area (Å²) < 4.78 is 5.66. The van der Waals surface area contributed by atoms with E-state index in [2.05, 4.69) is 12.1 Å². The maximum atomic E-state index is 11.5. The fourth-order valence-corrected chi connectivity index (χ4v) is 2.52. The minimum Gasteiger partial charge on any atom is -0.493 e. The second-order valence-corrected chi connectivity index (χ2v) is 5.12. The van der Waals surface area contributed by atoms with Gasteiger partial charge in [0.2, 0.25) is 0 Å². The number of aryl methyl sites for hydroxylation is 2. The summed E-state index contributed by atoms with van der Waals surface area (Å²) in [5.74, 6) is 1.67. The molecule has 0 radical (unpaired) electrons. The van der Waals surface area contributed by atoms with Crippen molar-refractivity contribution in [1.29, 1.82) is 0 Å². The Morgan fingerprint density at radius 2 is 2.06 bits per heavy atom. The summed E-state index contributed by atoms with van der Waals surface area (Å²) in [5, 5.41) is 0. The van der Waals surface area contributed by atoms with Crippen molar-refractivity contribution in [2.75, 3.05) is 6.61 Å². The first-order valence-electron chi connectivity index (χ1n) is 6.60. The molecule has 2 aliphatic carbocycles. The smallest absolute Gasteiger partial charge is 0.139 e. The zero-order valence-corrected chi connectivity index (χ0v) is 10.1. The van der Waals surface area contributed by atoms with Crippen molar-refractivity contribution < 1.29 is 9.53 Å². The summed E-state index contributed by atoms with van der Waals surface area (Å²) in [5.41, 5.74) is 2.89. The third kappa shape index (κ3) is 2.51. The lowest BCUT2D eigenvalue weighted by molar-refractivity contribution is -0.120. The van der Waals surface area contributed by atoms with Crippen molar-refractivity contribution in [1.82, 2.24) is 0 Å². The number of Topliss-reactive ketones (excluding diaryl/α,β-unsaturated/α-hetero) is 1. The Bertz CT molecular complexity index is 433. The van der Waals surface area contributed by atoms with Crippen LogP contribution in [0.25, 0.3) is 0 Å². The summed E-state index contributed by atoms with van der Waals surface area (Å²) in [6.45, 7) is 0.536. The number of rotatable bonds is 5. The largest absolute Gasteiger partial charge is 0.493 e. The predicted octanol–water partition coefficient (Wildman–Crippen LogP) is 2.92. The Kier molecular flexibility index (Phi) is 2.87. The van der Waals surface area contributed by atoms with Crippen molar-refractivity contribution in [3.05, 3.63) is 29.3 Å². The first-order valence-corrected chi connectivity index (χ1v) is 6.60. The van der Waals surface area contributed by atoms with Crippen molar-refractivity contribution in [2.24, 2.45) is 5.92 Å². The van der Waals surface area contributed by atoms with Gasteiger partial charge in [-0.2, -0.15) is 0 Å². The molecule has 0 amide bonds. The van der Waals surface area contributed by atoms with E-state index in [0.717, 1.165) is 18.6 Å². The molecule has 3 rings (SSSR count). The van der Waals surface area contributed by atoms with E-state index in [0.29, 0.717) is 24.7 Å². The van der Waals surface area contributed by atoms with Gasteiger partial charge in [-0.25, -0.2) is 0 Å². The first-order chi connectivity index (χ1) is 8.33. The number of carbonyl (C=O) groups excluding carboxylic acids is 1. The van der Waals surface area contributed by atoms with Gasteiger partial charge in [0.1, 0.15) is 11.5 Å². The van der Waals surface area contributed by atoms with Gasteiger partial charge in [-0.05, 0) is 55.4 Å². The lowest BCUT2D eigenvalue weighted by Crippen LogP contribution is -2.07. The van der Waals surface area contributed by atoms with Gasteiger partial charge in [0.25, 0.3) is 0 Å². The van der Waals surface area contributed by atoms with Crippen LogP contribution in [-0.4, -0.2) is 12.4 Å². The van der Waals surface area contributed by atoms with Crippen LogP contribution >= 0.6 is 0 Å². The molecule has 0 aliphatic heterocycles. The van der Waals surface area contributed by atoms with E-state index in [1.165, 1.54) is 30.4 Å². The number of fused-ring (bicyclic) bond motifs is 1. The van der Waals surface area contributed by atoms with Crippen molar-refractivity contribution >= 4 is 5.78 Å². The summed E-state index contributed by atoms with van der Waals surface area (Å²) in [6.07, 6.45) is 6.40. The van der Waals surface area contributed by atoms with Crippen LogP contribution in [0.5, 0.6) is 5.75 Å². The minimum absolute atomic E-state index is 0.360. The molecule has 2 nitrogen and oxygen atoms in total. The van der Waals surface area contributed by atoms with Gasteiger partial charge in [0.15, 0.2) is 0 Å². The Balaban J connectivity index is 1.52. The molecular formula is C15H18O2. The number of ketones is 1. The monoisotopic (exact) mass is 230 g/mol. The standard InChI is InChI=1S/C15H18O2/c16-15(12-4-5-12)8-9-17-14-7-6-11-2-1-3-13(11)10-14/h6-7,10,12H,1-5,8-9H2. The highest BCUT2D eigenvalue weighted by Gasteiger charge is 2.28. The fourth-order valence-electron chi connectivity index (χ4n) is 2.52. The van der Waals surface area contributed by atoms with E-state index < -0.39 is 0 Å². The van der Waals surface area contributed by atoms with E-state index in [1.807, 2.05) is 6.07 Å². The molecule has 0 saturated heterocycles. The molecule has 17 heavy (non-hydrogen) atoms. The molecule has 0 bridgehead atoms. The van der Waals surface area contributed by atoms with E-state index in [9.17, 15) is 4.79 Å². The Morgan fingerprint density at radius 1 is 1.24 bits per heavy atom. The molecule has 2 heteroatoms. The zero-order valence-electron chi connectivity index (χ0n) is 10.1. The molecule has 2 aliphatic rings. The van der Waals surface area contributed by atoms with Gasteiger partial charge in [0.05, 0.1) is 6.61 Å². The summed E-state index contributed by atoms with van der Waals surface area (Å²) in [6, 6.07) is 6.34. The lowest BCUT2D eigenvalue weighted by atomic mass is 10.1. The van der Waals surface area contributed by atoms with Crippen molar-refractivity contribution in [3.63, 3.8) is 0 Å². The number of hydrogen-bond donors (Lipinski definition) is 0. The molecule has 1 aromatic carbocycles. The van der Waals surface area contributed by atoms with Crippen LogP contribution in [0.1, 0.15) is 36.8 Å². The summed E-state index contributed by atoms with van der Waals surface area (Å²) in [4.78, 5) is 11.5. The maximum Gasteiger partial charge on any atom is 0.139 e. The van der Waals surface area contributed by atoms with Gasteiger partial charge < -0.3 is 4.74 Å². The molecule has 0 unspecified atom stereocenters. The van der Waals surface area contributed by atoms with Crippen LogP contribution < -0.4 is 4.74 Å². The van der Waals surface area contributed by atoms with Crippen LogP contribution in [0.4, 0.5) is 0 Å². The van der Waals surface area contributed by atoms with Crippen molar-refractivity contribution in [3.8, 4) is 5.75 Å². The maximum absolute atomic E-state index is 11.5. The number of carbonyl (C=O) groups is 1. The highest BCUT2D eigenvalue weighted by atomic mass is 16.5. The molecule has 0 aromatic heterocycles. The second-order valence-electron chi connectivity index (χ2n) is 5.12. The average Bonchev–Trinajstić information content (AvgIpc) is 3.08. The molecule has 90 valence electrons. The average molecular weight is 230 g/mol. The SMILES string of the molecule is O=C(CCOc1ccc2c(c1)CCC2)C1CC1. The number of hydrogen-bond acceptors (Lipinski definition) is 2. The van der Waals surface area contributed by atoms with Crippen LogP contribution in [0.3, 0.4) is 0 Å². The van der Waals surface area contributed by atoms with Crippen LogP contribution in [0.2, 0.25) is 0 Å². The molecular weight excluding hydrogens is 212 g/mol. The predicted molar refractivity (Wildman–Crippen MR) is 66.3 cm³/mol. The van der Waals surface area contributed by atoms with Crippen LogP contribution in [-0.2, 0) is 17.6 Å². The molecule has 0 spiro atoms. The molecule has 1 aromatic rings. The Hall–Kier alpha value is -1.31. The molecule has 0 N–H and O–H groups in total. The van der Waals surface area contributed by atoms with E-state index in [4.69, 9.17) is 4.74 Å². The van der Waals surface area contributed by atoms with Gasteiger partial charge in [-0.1, -0.05) is 6.07 Å². The first kappa shape index (κ1) is 10.8. The lowest BCUT2D eigenvalue weighted by Gasteiger charge is -2.07. The second kappa shape index (κ2) is 4.52. The number of ether oxygens (including phenoxy) is 1. The third-order valence-electron chi connectivity index (χ3n) is 3.72. The summed E-state index contributed by atoms with van der Waals surface area (Å²) >= 11 is 0. The highest BCUT2D eigenvalue weighted by molar-refractivity contribution is 5.83. The Morgan fingerprint density at radius 3 is 2.88 bits per heavy atom. The third-order valence-corrected chi connectivity index (χ3v) is 3.72. The van der Waals surface area contributed by atoms with Gasteiger partial charge in [-0.15, -0.1) is 0 Å². The fraction of sp³-hybridized carbons (Fsp3) is 0.533. The summed E-state index contributed by atoms with van der Waals surface area (Å²) in [7, 11) is 0. The molecule has 1 fully saturated rings. The van der Waals surface area contributed by atoms with E-state index in [1.54, 1.807) is 0 Å². The molecule has 0 atom stereocenters. The highest BCUT2D eigenvalue weighted by Crippen LogP contribution is 2.31. The van der Waals surface area contributed by atoms with Gasteiger partial charge >= 0.3 is 0 Å². The molecule has 0 heterocycles. The van der Waals surface area contributed by atoms with Crippen molar-refractivity contribution in [2.45, 2.75) is 38.5 Å². The van der Waals surface area contributed by atoms with Gasteiger partial charge in [0, 0.05) is 12.3 Å². The quantitative estimate of drug-likeness (QED) is 0.777. The number of benzene rings is 1. The normalized spacial score (nSPS) is 17.9. The van der Waals surface area contributed by atoms with Crippen LogP contribution in [0, 0.1) is 5.92 Å².